The van der Waals surface area contributed by atoms with E-state index >= 15 is 0 Å². The summed E-state index contributed by atoms with van der Waals surface area (Å²) < 4.78 is 4.68. The molecule has 0 bridgehead atoms. The quantitative estimate of drug-likeness (QED) is 0.746. The first kappa shape index (κ1) is 14.0. The van der Waals surface area contributed by atoms with Gasteiger partial charge >= 0.3 is 5.97 Å². The Labute approximate surface area is 112 Å². The van der Waals surface area contributed by atoms with Gasteiger partial charge in [0.2, 0.25) is 0 Å². The van der Waals surface area contributed by atoms with Crippen molar-refractivity contribution in [3.8, 4) is 0 Å². The second kappa shape index (κ2) is 6.14. The molecule has 2 rings (SSSR count). The molecular weight excluding hydrogens is 246 g/mol. The van der Waals surface area contributed by atoms with Gasteiger partial charge in [0.15, 0.2) is 0 Å². The summed E-state index contributed by atoms with van der Waals surface area (Å²) in [5.41, 5.74) is 1.94. The van der Waals surface area contributed by atoms with Crippen molar-refractivity contribution >= 4 is 5.97 Å². The van der Waals surface area contributed by atoms with E-state index in [1.165, 1.54) is 7.11 Å². The standard InChI is InChI=1S/C14H19NO4/c1-19-14(18)6-10-4-2-3-5-11(10)7-15-8-12(16)13(17)9-15/h2-5,12-13,16-17H,6-9H2,1H3/t12-,13+. The topological polar surface area (TPSA) is 70.0 Å². The fourth-order valence-electron chi connectivity index (χ4n) is 2.33. The van der Waals surface area contributed by atoms with E-state index in [9.17, 15) is 15.0 Å². The van der Waals surface area contributed by atoms with E-state index in [0.29, 0.717) is 19.6 Å². The van der Waals surface area contributed by atoms with E-state index in [-0.39, 0.29) is 12.4 Å². The number of benzene rings is 1. The molecule has 104 valence electrons. The molecule has 2 atom stereocenters. The zero-order chi connectivity index (χ0) is 13.8. The average Bonchev–Trinajstić information content (AvgIpc) is 2.70. The van der Waals surface area contributed by atoms with Crippen LogP contribution in [0.4, 0.5) is 0 Å². The van der Waals surface area contributed by atoms with Crippen LogP contribution < -0.4 is 0 Å². The molecule has 1 saturated heterocycles. The summed E-state index contributed by atoms with van der Waals surface area (Å²) in [6.07, 6.45) is -1.13. The highest BCUT2D eigenvalue weighted by Crippen LogP contribution is 2.17. The highest BCUT2D eigenvalue weighted by Gasteiger charge is 2.29. The molecule has 5 nitrogen and oxygen atoms in total. The summed E-state index contributed by atoms with van der Waals surface area (Å²) >= 11 is 0. The Kier molecular flexibility index (Phi) is 4.52. The lowest BCUT2D eigenvalue weighted by Crippen LogP contribution is -2.22. The van der Waals surface area contributed by atoms with E-state index in [4.69, 9.17) is 0 Å². The largest absolute Gasteiger partial charge is 0.469 e. The van der Waals surface area contributed by atoms with Crippen molar-refractivity contribution < 1.29 is 19.7 Å². The molecule has 5 heteroatoms. The van der Waals surface area contributed by atoms with Crippen LogP contribution in [0.5, 0.6) is 0 Å². The molecule has 2 N–H and O–H groups in total. The third-order valence-corrected chi connectivity index (χ3v) is 3.41. The van der Waals surface area contributed by atoms with Gasteiger partial charge in [0.1, 0.15) is 0 Å². The highest BCUT2D eigenvalue weighted by atomic mass is 16.5. The molecule has 1 aliphatic heterocycles. The third-order valence-electron chi connectivity index (χ3n) is 3.41. The van der Waals surface area contributed by atoms with Crippen LogP contribution in [-0.2, 0) is 22.5 Å². The van der Waals surface area contributed by atoms with E-state index in [1.54, 1.807) is 0 Å². The summed E-state index contributed by atoms with van der Waals surface area (Å²) in [5, 5.41) is 19.1. The summed E-state index contributed by atoms with van der Waals surface area (Å²) in [7, 11) is 1.37. The number of likely N-dealkylation sites (tertiary alicyclic amines) is 1. The number of aliphatic hydroxyl groups excluding tert-OH is 2. The Morgan fingerprint density at radius 1 is 1.26 bits per heavy atom. The minimum absolute atomic E-state index is 0.242. The Hall–Kier alpha value is -1.43. The van der Waals surface area contributed by atoms with Gasteiger partial charge in [0, 0.05) is 19.6 Å². The second-order valence-corrected chi connectivity index (χ2v) is 4.85. The maximum atomic E-state index is 11.4. The van der Waals surface area contributed by atoms with Crippen LogP contribution in [-0.4, -0.2) is 53.5 Å². The number of rotatable bonds is 4. The number of ether oxygens (including phenoxy) is 1. The Bertz CT molecular complexity index is 439. The lowest BCUT2D eigenvalue weighted by Gasteiger charge is -2.17. The molecule has 0 spiro atoms. The molecule has 1 aliphatic rings. The van der Waals surface area contributed by atoms with Gasteiger partial charge in [-0.1, -0.05) is 24.3 Å². The lowest BCUT2D eigenvalue weighted by molar-refractivity contribution is -0.139. The van der Waals surface area contributed by atoms with Crippen LogP contribution in [0.2, 0.25) is 0 Å². The monoisotopic (exact) mass is 265 g/mol. The number of methoxy groups -OCH3 is 1. The Morgan fingerprint density at radius 3 is 2.42 bits per heavy atom. The molecule has 0 saturated carbocycles. The lowest BCUT2D eigenvalue weighted by atomic mass is 10.0. The molecular formula is C14H19NO4. The number of hydrogen-bond donors (Lipinski definition) is 2. The van der Waals surface area contributed by atoms with E-state index in [1.807, 2.05) is 29.2 Å². The Balaban J connectivity index is 2.06. The van der Waals surface area contributed by atoms with Crippen LogP contribution >= 0.6 is 0 Å². The number of β-amino-alcohol motifs (C(OH)–C–C–N with tert-alkyl or cyclic N) is 2. The smallest absolute Gasteiger partial charge is 0.309 e. The molecule has 1 aromatic carbocycles. The molecule has 0 radical (unpaired) electrons. The number of esters is 1. The molecule has 1 aromatic rings. The summed E-state index contributed by atoms with van der Waals surface area (Å²) in [4.78, 5) is 13.3. The minimum atomic E-state index is -0.687. The molecule has 1 fully saturated rings. The predicted molar refractivity (Wildman–Crippen MR) is 69.5 cm³/mol. The van der Waals surface area contributed by atoms with E-state index in [0.717, 1.165) is 11.1 Å². The zero-order valence-corrected chi connectivity index (χ0v) is 11.0. The predicted octanol–water partition coefficient (Wildman–Crippen LogP) is -0.0605. The van der Waals surface area contributed by atoms with Crippen molar-refractivity contribution in [2.24, 2.45) is 0 Å². The summed E-state index contributed by atoms with van der Waals surface area (Å²) in [6.45, 7) is 1.52. The molecule has 0 unspecified atom stereocenters. The maximum Gasteiger partial charge on any atom is 0.309 e. The van der Waals surface area contributed by atoms with Crippen LogP contribution in [0.15, 0.2) is 24.3 Å². The number of nitrogens with zero attached hydrogens (tertiary/aromatic N) is 1. The molecule has 1 heterocycles. The molecule has 19 heavy (non-hydrogen) atoms. The van der Waals surface area contributed by atoms with Gasteiger partial charge in [-0.15, -0.1) is 0 Å². The average molecular weight is 265 g/mol. The van der Waals surface area contributed by atoms with Crippen LogP contribution in [0.25, 0.3) is 0 Å². The highest BCUT2D eigenvalue weighted by molar-refractivity contribution is 5.72. The first-order valence-electron chi connectivity index (χ1n) is 6.32. The van der Waals surface area contributed by atoms with Gasteiger partial charge in [-0.05, 0) is 11.1 Å². The second-order valence-electron chi connectivity index (χ2n) is 4.85. The SMILES string of the molecule is COC(=O)Cc1ccccc1CN1C[C@@H](O)[C@@H](O)C1. The van der Waals surface area contributed by atoms with Gasteiger partial charge < -0.3 is 14.9 Å². The van der Waals surface area contributed by atoms with Gasteiger partial charge in [-0.2, -0.15) is 0 Å². The molecule has 0 aliphatic carbocycles. The van der Waals surface area contributed by atoms with Crippen molar-refractivity contribution in [2.75, 3.05) is 20.2 Å². The number of hydrogen-bond acceptors (Lipinski definition) is 5. The van der Waals surface area contributed by atoms with Crippen LogP contribution in [0, 0.1) is 0 Å². The summed E-state index contributed by atoms with van der Waals surface area (Å²) in [5.74, 6) is -0.269. The first-order chi connectivity index (χ1) is 9.10. The third kappa shape index (κ3) is 3.53. The van der Waals surface area contributed by atoms with Gasteiger partial charge in [-0.3, -0.25) is 9.69 Å². The first-order valence-corrected chi connectivity index (χ1v) is 6.32. The minimum Gasteiger partial charge on any atom is -0.469 e. The van der Waals surface area contributed by atoms with Gasteiger partial charge in [0.05, 0.1) is 25.7 Å². The van der Waals surface area contributed by atoms with E-state index in [2.05, 4.69) is 4.74 Å². The van der Waals surface area contributed by atoms with Gasteiger partial charge in [0.25, 0.3) is 0 Å². The van der Waals surface area contributed by atoms with Crippen molar-refractivity contribution in [1.29, 1.82) is 0 Å². The van der Waals surface area contributed by atoms with E-state index < -0.39 is 12.2 Å². The van der Waals surface area contributed by atoms with Crippen molar-refractivity contribution in [1.82, 2.24) is 4.90 Å². The van der Waals surface area contributed by atoms with Crippen molar-refractivity contribution in [3.05, 3.63) is 35.4 Å². The number of carbonyl (C=O) groups excluding carboxylic acids is 1. The zero-order valence-electron chi connectivity index (χ0n) is 11.0. The fourth-order valence-corrected chi connectivity index (χ4v) is 2.33. The Morgan fingerprint density at radius 2 is 1.84 bits per heavy atom. The van der Waals surface area contributed by atoms with Crippen LogP contribution in [0.3, 0.4) is 0 Å². The van der Waals surface area contributed by atoms with Crippen molar-refractivity contribution in [3.63, 3.8) is 0 Å². The summed E-state index contributed by atoms with van der Waals surface area (Å²) in [6, 6.07) is 7.65. The van der Waals surface area contributed by atoms with Crippen LogP contribution in [0.1, 0.15) is 11.1 Å². The normalized spacial score (nSPS) is 23.5. The maximum absolute atomic E-state index is 11.4. The molecule has 0 aromatic heterocycles. The number of carbonyl (C=O) groups is 1. The molecule has 0 amide bonds. The van der Waals surface area contributed by atoms with Gasteiger partial charge in [-0.25, -0.2) is 0 Å². The van der Waals surface area contributed by atoms with Crippen molar-refractivity contribution in [2.45, 2.75) is 25.2 Å². The number of aliphatic hydroxyl groups is 2. The fraction of sp³-hybridized carbons (Fsp3) is 0.500.